The number of hydrogen-bond acceptors (Lipinski definition) is 3. The molecule has 0 radical (unpaired) electrons. The molecule has 5 aromatic carbocycles. The van der Waals surface area contributed by atoms with Crippen molar-refractivity contribution in [3.05, 3.63) is 180 Å². The lowest BCUT2D eigenvalue weighted by Gasteiger charge is -2.32. The second-order valence-corrected chi connectivity index (χ2v) is 11.5. The Balaban J connectivity index is 1.32. The van der Waals surface area contributed by atoms with E-state index in [-0.39, 0.29) is 5.41 Å². The van der Waals surface area contributed by atoms with Gasteiger partial charge in [-0.2, -0.15) is 0 Å². The van der Waals surface area contributed by atoms with Gasteiger partial charge in [0.2, 0.25) is 0 Å². The molecule has 3 nitrogen and oxygen atoms in total. The summed E-state index contributed by atoms with van der Waals surface area (Å²) in [5.41, 5.74) is 13.2. The second-order valence-electron chi connectivity index (χ2n) is 11.5. The van der Waals surface area contributed by atoms with Gasteiger partial charge < -0.3 is 0 Å². The van der Waals surface area contributed by atoms with Crippen LogP contribution in [0.3, 0.4) is 0 Å². The second kappa shape index (κ2) is 9.68. The van der Waals surface area contributed by atoms with Gasteiger partial charge in [-0.05, 0) is 57.0 Å². The highest BCUT2D eigenvalue weighted by Crippen LogP contribution is 2.63. The number of nitrogens with zero attached hydrogens (tertiary/aromatic N) is 3. The van der Waals surface area contributed by atoms with E-state index in [0.717, 1.165) is 23.1 Å². The molecule has 3 aliphatic rings. The molecule has 0 amide bonds. The number of rotatable bonds is 3. The van der Waals surface area contributed by atoms with Gasteiger partial charge in [0.15, 0.2) is 17.5 Å². The summed E-state index contributed by atoms with van der Waals surface area (Å²) in [4.78, 5) is 15.1. The molecule has 1 aromatic heterocycles. The maximum absolute atomic E-state index is 5.07. The zero-order chi connectivity index (χ0) is 29.1. The predicted molar refractivity (Wildman–Crippen MR) is 178 cm³/mol. The fraction of sp³-hybridized carbons (Fsp3) is 0.0488. The van der Waals surface area contributed by atoms with E-state index in [4.69, 9.17) is 15.0 Å². The van der Waals surface area contributed by atoms with E-state index in [2.05, 4.69) is 115 Å². The van der Waals surface area contributed by atoms with E-state index in [1.165, 1.54) is 44.5 Å². The molecule has 9 rings (SSSR count). The first-order chi connectivity index (χ1) is 21.8. The summed E-state index contributed by atoms with van der Waals surface area (Å²) in [6, 6.07) is 45.0. The Hall–Kier alpha value is -5.67. The first-order valence-corrected chi connectivity index (χ1v) is 15.1. The summed E-state index contributed by atoms with van der Waals surface area (Å²) in [7, 11) is 0. The van der Waals surface area contributed by atoms with Gasteiger partial charge >= 0.3 is 0 Å². The molecule has 0 N–H and O–H groups in total. The summed E-state index contributed by atoms with van der Waals surface area (Å²) in [6.07, 6.45) is 9.82. The summed E-state index contributed by atoms with van der Waals surface area (Å²) in [5, 5.41) is 0. The van der Waals surface area contributed by atoms with Crippen LogP contribution in [0.25, 0.3) is 50.9 Å². The standard InChI is InChI=1S/C41H27N3/c1-4-14-27(15-5-1)38-42-39(28-16-6-2-7-17-28)44-40(43-38)29-24-25-33-32-20-11-13-23-36(32)41(37(33)26-29)34-21-9-3-8-18-30(34)31-19-10-12-22-35(31)41/h1-20,22-26H,21H2. The summed E-state index contributed by atoms with van der Waals surface area (Å²) < 4.78 is 0. The Labute approximate surface area is 256 Å². The van der Waals surface area contributed by atoms with Crippen molar-refractivity contribution in [1.82, 2.24) is 15.0 Å². The molecule has 0 fully saturated rings. The van der Waals surface area contributed by atoms with Crippen LogP contribution in [0.15, 0.2) is 157 Å². The maximum Gasteiger partial charge on any atom is 0.164 e. The van der Waals surface area contributed by atoms with Crippen molar-refractivity contribution in [3.63, 3.8) is 0 Å². The largest absolute Gasteiger partial charge is 0.208 e. The third-order valence-electron chi connectivity index (χ3n) is 9.23. The van der Waals surface area contributed by atoms with Gasteiger partial charge in [-0.3, -0.25) is 0 Å². The normalized spacial score (nSPS) is 17.3. The van der Waals surface area contributed by atoms with E-state index >= 15 is 0 Å². The molecular formula is C41H27N3. The quantitative estimate of drug-likeness (QED) is 0.216. The van der Waals surface area contributed by atoms with E-state index in [9.17, 15) is 0 Å². The molecule has 206 valence electrons. The highest BCUT2D eigenvalue weighted by atomic mass is 15.0. The fourth-order valence-corrected chi connectivity index (χ4v) is 7.41. The van der Waals surface area contributed by atoms with Crippen LogP contribution in [-0.4, -0.2) is 15.0 Å². The van der Waals surface area contributed by atoms with Crippen LogP contribution in [0.2, 0.25) is 0 Å². The molecule has 0 saturated carbocycles. The predicted octanol–water partition coefficient (Wildman–Crippen LogP) is 9.47. The minimum absolute atomic E-state index is 0.384. The Morgan fingerprint density at radius 1 is 0.455 bits per heavy atom. The molecule has 0 bridgehead atoms. The molecule has 1 unspecified atom stereocenters. The minimum atomic E-state index is -0.384. The Kier molecular flexibility index (Phi) is 5.48. The van der Waals surface area contributed by atoms with Crippen LogP contribution < -0.4 is 0 Å². The van der Waals surface area contributed by atoms with Gasteiger partial charge in [0.25, 0.3) is 0 Å². The van der Waals surface area contributed by atoms with E-state index < -0.39 is 0 Å². The van der Waals surface area contributed by atoms with Crippen molar-refractivity contribution in [3.8, 4) is 45.3 Å². The molecule has 1 heterocycles. The van der Waals surface area contributed by atoms with E-state index in [1.807, 2.05) is 36.4 Å². The van der Waals surface area contributed by atoms with Crippen molar-refractivity contribution in [2.45, 2.75) is 11.8 Å². The zero-order valence-corrected chi connectivity index (χ0v) is 24.0. The van der Waals surface area contributed by atoms with Crippen molar-refractivity contribution in [2.75, 3.05) is 0 Å². The van der Waals surface area contributed by atoms with Crippen LogP contribution in [0, 0.1) is 0 Å². The fourth-order valence-electron chi connectivity index (χ4n) is 7.41. The van der Waals surface area contributed by atoms with Crippen LogP contribution in [0.4, 0.5) is 0 Å². The molecule has 0 saturated heterocycles. The molecule has 1 spiro atoms. The Bertz CT molecular complexity index is 2130. The van der Waals surface area contributed by atoms with Crippen LogP contribution in [0.5, 0.6) is 0 Å². The van der Waals surface area contributed by atoms with Gasteiger partial charge in [-0.25, -0.2) is 15.0 Å². The van der Waals surface area contributed by atoms with Gasteiger partial charge in [-0.15, -0.1) is 0 Å². The maximum atomic E-state index is 5.07. The van der Waals surface area contributed by atoms with Crippen LogP contribution in [0.1, 0.15) is 28.7 Å². The van der Waals surface area contributed by atoms with E-state index in [1.54, 1.807) is 0 Å². The number of fused-ring (bicyclic) bond motifs is 9. The highest BCUT2D eigenvalue weighted by molar-refractivity contribution is 5.97. The number of hydrogen-bond donors (Lipinski definition) is 0. The lowest BCUT2D eigenvalue weighted by atomic mass is 9.68. The number of aromatic nitrogens is 3. The molecule has 1 atom stereocenters. The molecular weight excluding hydrogens is 534 g/mol. The third-order valence-corrected chi connectivity index (χ3v) is 9.23. The first kappa shape index (κ1) is 24.9. The average molecular weight is 562 g/mol. The lowest BCUT2D eigenvalue weighted by molar-refractivity contribution is 0.747. The molecule has 6 aromatic rings. The monoisotopic (exact) mass is 561 g/mol. The number of benzene rings is 5. The zero-order valence-electron chi connectivity index (χ0n) is 24.0. The minimum Gasteiger partial charge on any atom is -0.208 e. The van der Waals surface area contributed by atoms with Gasteiger partial charge in [0, 0.05) is 16.7 Å². The van der Waals surface area contributed by atoms with Gasteiger partial charge in [0.05, 0.1) is 5.41 Å². The van der Waals surface area contributed by atoms with Gasteiger partial charge in [-0.1, -0.05) is 146 Å². The van der Waals surface area contributed by atoms with Crippen LogP contribution in [-0.2, 0) is 5.41 Å². The average Bonchev–Trinajstić information content (AvgIpc) is 3.40. The van der Waals surface area contributed by atoms with Crippen molar-refractivity contribution < 1.29 is 0 Å². The van der Waals surface area contributed by atoms with Crippen molar-refractivity contribution in [2.24, 2.45) is 0 Å². The summed E-state index contributed by atoms with van der Waals surface area (Å²) in [6.45, 7) is 0. The highest BCUT2D eigenvalue weighted by Gasteiger charge is 2.52. The number of allylic oxidation sites excluding steroid dienone is 6. The Morgan fingerprint density at radius 3 is 1.68 bits per heavy atom. The van der Waals surface area contributed by atoms with Crippen molar-refractivity contribution in [1.29, 1.82) is 0 Å². The topological polar surface area (TPSA) is 38.7 Å². The molecule has 3 aliphatic carbocycles. The molecule has 44 heavy (non-hydrogen) atoms. The first-order valence-electron chi connectivity index (χ1n) is 15.1. The Morgan fingerprint density at radius 2 is 1.00 bits per heavy atom. The molecule has 3 heteroatoms. The van der Waals surface area contributed by atoms with E-state index in [0.29, 0.717) is 17.5 Å². The lowest BCUT2D eigenvalue weighted by Crippen LogP contribution is -2.27. The van der Waals surface area contributed by atoms with Crippen LogP contribution >= 0.6 is 0 Å². The van der Waals surface area contributed by atoms with Gasteiger partial charge in [0.1, 0.15) is 0 Å². The SMILES string of the molecule is C1=CCC2=C(C=C1)c1ccccc1C21c2ccccc2-c2ccc(-c3nc(-c4ccccc4)nc(-c4ccccc4)n3)cc21. The summed E-state index contributed by atoms with van der Waals surface area (Å²) in [5.74, 6) is 2.01. The smallest absolute Gasteiger partial charge is 0.164 e. The summed E-state index contributed by atoms with van der Waals surface area (Å²) >= 11 is 0. The van der Waals surface area contributed by atoms with Crippen molar-refractivity contribution >= 4 is 5.57 Å². The molecule has 0 aliphatic heterocycles. The third kappa shape index (κ3) is 3.53.